The highest BCUT2D eigenvalue weighted by Crippen LogP contribution is 2.31. The Bertz CT molecular complexity index is 619. The molecule has 0 spiro atoms. The second kappa shape index (κ2) is 6.32. The summed E-state index contributed by atoms with van der Waals surface area (Å²) in [6.07, 6.45) is 0.729. The van der Waals surface area contributed by atoms with E-state index in [2.05, 4.69) is 21.2 Å². The van der Waals surface area contributed by atoms with Crippen molar-refractivity contribution in [1.29, 1.82) is 0 Å². The number of halogens is 2. The zero-order valence-electron chi connectivity index (χ0n) is 10.6. The average molecular weight is 359 g/mol. The molecular weight excluding hydrogens is 347 g/mol. The zero-order chi connectivity index (χ0) is 14.7. The van der Waals surface area contributed by atoms with Crippen molar-refractivity contribution in [2.75, 3.05) is 5.32 Å². The van der Waals surface area contributed by atoms with Gasteiger partial charge in [-0.1, -0.05) is 6.07 Å². The van der Waals surface area contributed by atoms with E-state index in [4.69, 9.17) is 0 Å². The van der Waals surface area contributed by atoms with E-state index in [1.807, 2.05) is 24.4 Å². The van der Waals surface area contributed by atoms with Crippen molar-refractivity contribution in [2.24, 2.45) is 0 Å². The number of thiophene rings is 1. The van der Waals surface area contributed by atoms with Gasteiger partial charge >= 0.3 is 0 Å². The van der Waals surface area contributed by atoms with Gasteiger partial charge < -0.3 is 5.32 Å². The molecule has 0 bridgehead atoms. The van der Waals surface area contributed by atoms with Crippen LogP contribution in [0.3, 0.4) is 0 Å². The molecule has 1 aromatic heterocycles. The molecule has 1 unspecified atom stereocenters. The Morgan fingerprint density at radius 1 is 1.55 bits per heavy atom. The fourth-order valence-corrected chi connectivity index (χ4v) is 3.02. The van der Waals surface area contributed by atoms with Gasteiger partial charge in [-0.3, -0.25) is 10.1 Å². The first kappa shape index (κ1) is 14.9. The van der Waals surface area contributed by atoms with Gasteiger partial charge in [-0.25, -0.2) is 4.39 Å². The van der Waals surface area contributed by atoms with E-state index in [0.717, 1.165) is 12.5 Å². The van der Waals surface area contributed by atoms with Crippen LogP contribution in [0.25, 0.3) is 0 Å². The molecule has 1 heterocycles. The number of benzene rings is 1. The van der Waals surface area contributed by atoms with E-state index in [0.29, 0.717) is 0 Å². The predicted octanol–water partition coefficient (Wildman–Crippen LogP) is 4.60. The second-order valence-electron chi connectivity index (χ2n) is 4.37. The molecule has 0 saturated carbocycles. The molecule has 0 amide bonds. The van der Waals surface area contributed by atoms with Crippen LogP contribution < -0.4 is 5.32 Å². The SMILES string of the molecule is CC(Cc1cccs1)Nc1cc(F)c(Br)cc1[N+](=O)[O-]. The molecule has 0 fully saturated rings. The Morgan fingerprint density at radius 2 is 2.30 bits per heavy atom. The van der Waals surface area contributed by atoms with Gasteiger partial charge in [0.2, 0.25) is 0 Å². The Morgan fingerprint density at radius 3 is 2.90 bits per heavy atom. The van der Waals surface area contributed by atoms with Crippen LogP contribution in [0, 0.1) is 15.9 Å². The van der Waals surface area contributed by atoms with Gasteiger partial charge in [-0.05, 0) is 34.3 Å². The smallest absolute Gasteiger partial charge is 0.293 e. The summed E-state index contributed by atoms with van der Waals surface area (Å²) in [4.78, 5) is 11.7. The van der Waals surface area contributed by atoms with Crippen LogP contribution in [0.1, 0.15) is 11.8 Å². The maximum atomic E-state index is 13.5. The largest absolute Gasteiger partial charge is 0.377 e. The lowest BCUT2D eigenvalue weighted by molar-refractivity contribution is -0.384. The molecule has 1 N–H and O–H groups in total. The first-order valence-electron chi connectivity index (χ1n) is 5.89. The highest BCUT2D eigenvalue weighted by Gasteiger charge is 2.19. The molecule has 20 heavy (non-hydrogen) atoms. The lowest BCUT2D eigenvalue weighted by atomic mass is 10.2. The summed E-state index contributed by atoms with van der Waals surface area (Å²) < 4.78 is 13.6. The van der Waals surface area contributed by atoms with Gasteiger partial charge in [0, 0.05) is 29.5 Å². The fraction of sp³-hybridized carbons (Fsp3) is 0.231. The lowest BCUT2D eigenvalue weighted by Crippen LogP contribution is -2.18. The first-order valence-corrected chi connectivity index (χ1v) is 7.57. The minimum absolute atomic E-state index is 0.0343. The Labute approximate surface area is 127 Å². The Balaban J connectivity index is 2.19. The number of hydrogen-bond acceptors (Lipinski definition) is 4. The molecule has 106 valence electrons. The Kier molecular flexibility index (Phi) is 4.72. The van der Waals surface area contributed by atoms with E-state index >= 15 is 0 Å². The third kappa shape index (κ3) is 3.55. The Hall–Kier alpha value is -1.47. The number of nitro benzene ring substituents is 1. The number of anilines is 1. The molecule has 0 radical (unpaired) electrons. The fourth-order valence-electron chi connectivity index (χ4n) is 1.85. The van der Waals surface area contributed by atoms with Crippen LogP contribution in [0.15, 0.2) is 34.1 Å². The van der Waals surface area contributed by atoms with Crippen LogP contribution in [-0.4, -0.2) is 11.0 Å². The molecule has 0 saturated heterocycles. The van der Waals surface area contributed by atoms with Crippen LogP contribution in [0.4, 0.5) is 15.8 Å². The molecule has 7 heteroatoms. The minimum Gasteiger partial charge on any atom is -0.377 e. The minimum atomic E-state index is -0.526. The highest BCUT2D eigenvalue weighted by atomic mass is 79.9. The molecular formula is C13H12BrFN2O2S. The van der Waals surface area contributed by atoms with Crippen LogP contribution in [0.5, 0.6) is 0 Å². The van der Waals surface area contributed by atoms with E-state index < -0.39 is 10.7 Å². The molecule has 0 aliphatic rings. The summed E-state index contributed by atoms with van der Waals surface area (Å²) >= 11 is 4.58. The summed E-state index contributed by atoms with van der Waals surface area (Å²) in [6, 6.07) is 6.24. The van der Waals surface area contributed by atoms with Crippen molar-refractivity contribution in [3.63, 3.8) is 0 Å². The van der Waals surface area contributed by atoms with Crippen LogP contribution in [0.2, 0.25) is 0 Å². The van der Waals surface area contributed by atoms with Crippen molar-refractivity contribution >= 4 is 38.6 Å². The van der Waals surface area contributed by atoms with E-state index in [1.165, 1.54) is 10.9 Å². The summed E-state index contributed by atoms with van der Waals surface area (Å²) in [5, 5.41) is 16.0. The number of rotatable bonds is 5. The standard InChI is InChI=1S/C13H12BrFN2O2S/c1-8(5-9-3-2-4-20-9)16-12-7-11(15)10(14)6-13(12)17(18)19/h2-4,6-8,16H,5H2,1H3. The van der Waals surface area contributed by atoms with Crippen molar-refractivity contribution in [3.8, 4) is 0 Å². The molecule has 1 atom stereocenters. The zero-order valence-corrected chi connectivity index (χ0v) is 13.0. The van der Waals surface area contributed by atoms with E-state index in [9.17, 15) is 14.5 Å². The second-order valence-corrected chi connectivity index (χ2v) is 6.26. The van der Waals surface area contributed by atoms with Crippen LogP contribution in [-0.2, 0) is 6.42 Å². The summed E-state index contributed by atoms with van der Waals surface area (Å²) in [5.74, 6) is -0.526. The van der Waals surface area contributed by atoms with Gasteiger partial charge in [-0.15, -0.1) is 11.3 Å². The number of nitro groups is 1. The van der Waals surface area contributed by atoms with Gasteiger partial charge in [0.05, 0.1) is 9.40 Å². The van der Waals surface area contributed by atoms with Crippen molar-refractivity contribution in [2.45, 2.75) is 19.4 Å². The summed E-state index contributed by atoms with van der Waals surface area (Å²) in [6.45, 7) is 1.91. The number of hydrogen-bond donors (Lipinski definition) is 1. The number of nitrogens with zero attached hydrogens (tertiary/aromatic N) is 1. The van der Waals surface area contributed by atoms with Gasteiger partial charge in [-0.2, -0.15) is 0 Å². The van der Waals surface area contributed by atoms with Crippen LogP contribution >= 0.6 is 27.3 Å². The summed E-state index contributed by atoms with van der Waals surface area (Å²) in [5.41, 5.74) is 0.0519. The maximum absolute atomic E-state index is 13.5. The average Bonchev–Trinajstić information content (AvgIpc) is 2.85. The van der Waals surface area contributed by atoms with Crippen molar-refractivity contribution in [3.05, 3.63) is 54.9 Å². The lowest BCUT2D eigenvalue weighted by Gasteiger charge is -2.15. The first-order chi connectivity index (χ1) is 9.47. The highest BCUT2D eigenvalue weighted by molar-refractivity contribution is 9.10. The third-order valence-corrected chi connectivity index (χ3v) is 4.23. The molecule has 4 nitrogen and oxygen atoms in total. The van der Waals surface area contributed by atoms with E-state index in [-0.39, 0.29) is 21.9 Å². The predicted molar refractivity (Wildman–Crippen MR) is 81.9 cm³/mol. The quantitative estimate of drug-likeness (QED) is 0.627. The molecule has 0 aliphatic carbocycles. The van der Waals surface area contributed by atoms with Crippen molar-refractivity contribution < 1.29 is 9.31 Å². The topological polar surface area (TPSA) is 55.2 Å². The number of nitrogens with one attached hydrogen (secondary N) is 1. The summed E-state index contributed by atoms with van der Waals surface area (Å²) in [7, 11) is 0. The van der Waals surface area contributed by atoms with Gasteiger partial charge in [0.25, 0.3) is 5.69 Å². The third-order valence-electron chi connectivity index (χ3n) is 2.72. The van der Waals surface area contributed by atoms with Gasteiger partial charge in [0.1, 0.15) is 11.5 Å². The molecule has 0 aliphatic heterocycles. The van der Waals surface area contributed by atoms with Gasteiger partial charge in [0.15, 0.2) is 0 Å². The molecule has 2 rings (SSSR count). The normalized spacial score (nSPS) is 12.2. The molecule has 2 aromatic rings. The maximum Gasteiger partial charge on any atom is 0.293 e. The molecule has 1 aromatic carbocycles. The van der Waals surface area contributed by atoms with E-state index in [1.54, 1.807) is 11.3 Å². The van der Waals surface area contributed by atoms with Crippen molar-refractivity contribution in [1.82, 2.24) is 0 Å². The monoisotopic (exact) mass is 358 g/mol.